The first-order chi connectivity index (χ1) is 13.7. The molecule has 1 aliphatic heterocycles. The van der Waals surface area contributed by atoms with Gasteiger partial charge in [-0.2, -0.15) is 0 Å². The van der Waals surface area contributed by atoms with Gasteiger partial charge in [-0.05, 0) is 86.2 Å². The fourth-order valence-corrected chi connectivity index (χ4v) is 5.74. The summed E-state index contributed by atoms with van der Waals surface area (Å²) in [5.41, 5.74) is 3.28. The van der Waals surface area contributed by atoms with E-state index in [0.717, 1.165) is 35.4 Å². The molecule has 4 heteroatoms. The Morgan fingerprint density at radius 2 is 1.57 bits per heavy atom. The van der Waals surface area contributed by atoms with Gasteiger partial charge in [0, 0.05) is 18.0 Å². The summed E-state index contributed by atoms with van der Waals surface area (Å²) in [6.45, 7) is 3.47. The van der Waals surface area contributed by atoms with E-state index in [1.807, 2.05) is 12.1 Å². The van der Waals surface area contributed by atoms with Crippen LogP contribution in [0.25, 0.3) is 0 Å². The summed E-state index contributed by atoms with van der Waals surface area (Å²) in [6.07, 6.45) is 11.3. The number of Topliss-reactive ketones (excluding diaryl/α,β-unsaturated/α-hetero) is 1. The van der Waals surface area contributed by atoms with Crippen LogP contribution in [0.5, 0.6) is 0 Å². The van der Waals surface area contributed by atoms with Crippen LogP contribution < -0.4 is 0 Å². The van der Waals surface area contributed by atoms with Crippen molar-refractivity contribution in [3.8, 4) is 0 Å². The molecule has 1 saturated carbocycles. The molecule has 2 fully saturated rings. The number of aliphatic hydroxyl groups excluding tert-OH is 2. The average Bonchev–Trinajstić information content (AvgIpc) is 3.03. The minimum absolute atomic E-state index is 0.0819. The van der Waals surface area contributed by atoms with Crippen molar-refractivity contribution < 1.29 is 15.0 Å². The molecular formula is C24H35NO3. The zero-order valence-electron chi connectivity index (χ0n) is 17.0. The third kappa shape index (κ3) is 4.34. The van der Waals surface area contributed by atoms with Gasteiger partial charge >= 0.3 is 0 Å². The SMILES string of the molecule is O=C1c2cc(CO)c(CO)cc2CC1CC1CCN(CC2CCCCC2)CC1. The molecule has 0 aromatic heterocycles. The van der Waals surface area contributed by atoms with Crippen LogP contribution in [-0.2, 0) is 19.6 Å². The molecule has 3 aliphatic rings. The predicted octanol–water partition coefficient (Wildman–Crippen LogP) is 3.71. The van der Waals surface area contributed by atoms with E-state index in [0.29, 0.717) is 11.5 Å². The summed E-state index contributed by atoms with van der Waals surface area (Å²) in [5, 5.41) is 19.0. The van der Waals surface area contributed by atoms with Gasteiger partial charge in [-0.3, -0.25) is 4.79 Å². The molecule has 0 bridgehead atoms. The van der Waals surface area contributed by atoms with Gasteiger partial charge in [0.1, 0.15) is 0 Å². The van der Waals surface area contributed by atoms with Gasteiger partial charge < -0.3 is 15.1 Å². The van der Waals surface area contributed by atoms with Crippen LogP contribution in [0.1, 0.15) is 78.4 Å². The molecule has 4 nitrogen and oxygen atoms in total. The maximum absolute atomic E-state index is 12.9. The number of nitrogens with zero attached hydrogens (tertiary/aromatic N) is 1. The molecule has 2 aliphatic carbocycles. The van der Waals surface area contributed by atoms with Crippen LogP contribution in [0.4, 0.5) is 0 Å². The molecule has 2 N–H and O–H groups in total. The van der Waals surface area contributed by atoms with Crippen molar-refractivity contribution >= 4 is 5.78 Å². The number of rotatable bonds is 6. The minimum Gasteiger partial charge on any atom is -0.392 e. The van der Waals surface area contributed by atoms with Crippen LogP contribution in [-0.4, -0.2) is 40.5 Å². The second-order valence-corrected chi connectivity index (χ2v) is 9.34. The molecule has 1 saturated heterocycles. The van der Waals surface area contributed by atoms with E-state index in [2.05, 4.69) is 4.90 Å². The Morgan fingerprint density at radius 1 is 0.893 bits per heavy atom. The number of hydrogen-bond donors (Lipinski definition) is 2. The molecule has 0 spiro atoms. The molecule has 1 unspecified atom stereocenters. The first-order valence-corrected chi connectivity index (χ1v) is 11.3. The van der Waals surface area contributed by atoms with E-state index >= 15 is 0 Å². The summed E-state index contributed by atoms with van der Waals surface area (Å²) in [4.78, 5) is 15.6. The van der Waals surface area contributed by atoms with E-state index in [1.54, 1.807) is 0 Å². The molecule has 1 atom stereocenters. The highest BCUT2D eigenvalue weighted by Crippen LogP contribution is 2.36. The van der Waals surface area contributed by atoms with E-state index in [4.69, 9.17) is 0 Å². The van der Waals surface area contributed by atoms with E-state index < -0.39 is 0 Å². The van der Waals surface area contributed by atoms with Crippen LogP contribution >= 0.6 is 0 Å². The minimum atomic E-state index is -0.124. The van der Waals surface area contributed by atoms with Crippen molar-refractivity contribution in [2.45, 2.75) is 71.0 Å². The fourth-order valence-electron chi connectivity index (χ4n) is 5.74. The van der Waals surface area contributed by atoms with E-state index in [1.165, 1.54) is 64.6 Å². The summed E-state index contributed by atoms with van der Waals surface area (Å²) in [7, 11) is 0. The standard InChI is InChI=1S/C24H35NO3/c26-15-21-12-19-11-20(24(28)23(19)13-22(21)16-27)10-17-6-8-25(9-7-17)14-18-4-2-1-3-5-18/h12-13,17-18,20,26-27H,1-11,14-16H2. The lowest BCUT2D eigenvalue weighted by Gasteiger charge is -2.36. The summed E-state index contributed by atoms with van der Waals surface area (Å²) >= 11 is 0. The van der Waals surface area contributed by atoms with Crippen molar-refractivity contribution in [3.05, 3.63) is 34.4 Å². The Hall–Kier alpha value is -1.23. The molecule has 1 heterocycles. The Morgan fingerprint density at radius 3 is 2.25 bits per heavy atom. The smallest absolute Gasteiger partial charge is 0.166 e. The summed E-state index contributed by atoms with van der Waals surface area (Å²) < 4.78 is 0. The molecule has 28 heavy (non-hydrogen) atoms. The summed E-state index contributed by atoms with van der Waals surface area (Å²) in [6, 6.07) is 3.75. The van der Waals surface area contributed by atoms with Crippen molar-refractivity contribution in [2.24, 2.45) is 17.8 Å². The number of ketones is 1. The normalized spacial score (nSPS) is 24.6. The van der Waals surface area contributed by atoms with Gasteiger partial charge in [-0.1, -0.05) is 25.3 Å². The van der Waals surface area contributed by atoms with Crippen molar-refractivity contribution in [1.82, 2.24) is 4.90 Å². The zero-order chi connectivity index (χ0) is 19.5. The third-order valence-electron chi connectivity index (χ3n) is 7.43. The topological polar surface area (TPSA) is 60.8 Å². The first kappa shape index (κ1) is 20.1. The zero-order valence-corrected chi connectivity index (χ0v) is 17.0. The molecule has 154 valence electrons. The number of carbonyl (C=O) groups is 1. The third-order valence-corrected chi connectivity index (χ3v) is 7.43. The van der Waals surface area contributed by atoms with Gasteiger partial charge in [0.25, 0.3) is 0 Å². The molecule has 1 aromatic carbocycles. The molecule has 1 aromatic rings. The lowest BCUT2D eigenvalue weighted by molar-refractivity contribution is 0.0888. The number of aliphatic hydroxyl groups is 2. The highest BCUT2D eigenvalue weighted by molar-refractivity contribution is 6.02. The molecule has 4 rings (SSSR count). The Balaban J connectivity index is 1.30. The number of carbonyl (C=O) groups excluding carboxylic acids is 1. The van der Waals surface area contributed by atoms with Crippen molar-refractivity contribution in [3.63, 3.8) is 0 Å². The van der Waals surface area contributed by atoms with Gasteiger partial charge in [0.2, 0.25) is 0 Å². The Kier molecular flexibility index (Phi) is 6.49. The Labute approximate surface area is 168 Å². The lowest BCUT2D eigenvalue weighted by Crippen LogP contribution is -2.38. The van der Waals surface area contributed by atoms with Gasteiger partial charge in [-0.25, -0.2) is 0 Å². The van der Waals surface area contributed by atoms with E-state index in [9.17, 15) is 15.0 Å². The quantitative estimate of drug-likeness (QED) is 0.784. The largest absolute Gasteiger partial charge is 0.392 e. The highest BCUT2D eigenvalue weighted by atomic mass is 16.3. The maximum atomic E-state index is 12.9. The fraction of sp³-hybridized carbons (Fsp3) is 0.708. The summed E-state index contributed by atoms with van der Waals surface area (Å²) in [5.74, 6) is 1.90. The predicted molar refractivity (Wildman–Crippen MR) is 110 cm³/mol. The average molecular weight is 386 g/mol. The first-order valence-electron chi connectivity index (χ1n) is 11.3. The highest BCUT2D eigenvalue weighted by Gasteiger charge is 2.34. The molecule has 0 amide bonds. The van der Waals surface area contributed by atoms with Crippen LogP contribution in [0.3, 0.4) is 0 Å². The number of fused-ring (bicyclic) bond motifs is 1. The second kappa shape index (κ2) is 9.06. The van der Waals surface area contributed by atoms with Crippen molar-refractivity contribution in [1.29, 1.82) is 0 Å². The lowest BCUT2D eigenvalue weighted by atomic mass is 9.84. The molecule has 0 radical (unpaired) electrons. The van der Waals surface area contributed by atoms with Crippen LogP contribution in [0, 0.1) is 17.8 Å². The monoisotopic (exact) mass is 385 g/mol. The van der Waals surface area contributed by atoms with Gasteiger partial charge in [-0.15, -0.1) is 0 Å². The number of piperidine rings is 1. The second-order valence-electron chi connectivity index (χ2n) is 9.34. The number of benzene rings is 1. The Bertz CT molecular complexity index is 687. The van der Waals surface area contributed by atoms with Crippen LogP contribution in [0.15, 0.2) is 12.1 Å². The van der Waals surface area contributed by atoms with E-state index in [-0.39, 0.29) is 24.9 Å². The van der Waals surface area contributed by atoms with Crippen molar-refractivity contribution in [2.75, 3.05) is 19.6 Å². The van der Waals surface area contributed by atoms with Gasteiger partial charge in [0.05, 0.1) is 13.2 Å². The maximum Gasteiger partial charge on any atom is 0.166 e. The molecular weight excluding hydrogens is 350 g/mol. The van der Waals surface area contributed by atoms with Crippen LogP contribution in [0.2, 0.25) is 0 Å². The number of hydrogen-bond acceptors (Lipinski definition) is 4. The number of likely N-dealkylation sites (tertiary alicyclic amines) is 1. The van der Waals surface area contributed by atoms with Gasteiger partial charge in [0.15, 0.2) is 5.78 Å².